The fraction of sp³-hybridized carbons (Fsp3) is 0.455. The van der Waals surface area contributed by atoms with Crippen molar-refractivity contribution >= 4 is 0 Å². The van der Waals surface area contributed by atoms with Gasteiger partial charge in [-0.2, -0.15) is 0 Å². The Hall–Kier alpha value is -1.67. The Morgan fingerprint density at radius 1 is 1.60 bits per heavy atom. The first-order valence-corrected chi connectivity index (χ1v) is 5.15. The van der Waals surface area contributed by atoms with Crippen LogP contribution in [0, 0.1) is 0 Å². The first-order valence-electron chi connectivity index (χ1n) is 5.15. The van der Waals surface area contributed by atoms with Gasteiger partial charge >= 0.3 is 0 Å². The van der Waals surface area contributed by atoms with Crippen molar-refractivity contribution in [2.45, 2.75) is 25.8 Å². The number of ether oxygens (including phenoxy) is 1. The maximum Gasteiger partial charge on any atom is 0.122 e. The molecule has 1 aliphatic rings. The SMILES string of the molecule is CC[C@H](N=[N+]=[N-])c1ccc2c(c1)CCO2. The van der Waals surface area contributed by atoms with Crippen molar-refractivity contribution in [1.29, 1.82) is 0 Å². The van der Waals surface area contributed by atoms with Crippen LogP contribution in [-0.4, -0.2) is 6.61 Å². The van der Waals surface area contributed by atoms with E-state index in [1.807, 2.05) is 19.1 Å². The van der Waals surface area contributed by atoms with Crippen LogP contribution in [0.1, 0.15) is 30.5 Å². The first kappa shape index (κ1) is 9.87. The Morgan fingerprint density at radius 3 is 3.20 bits per heavy atom. The third-order valence-electron chi connectivity index (χ3n) is 2.68. The van der Waals surface area contributed by atoms with E-state index >= 15 is 0 Å². The molecular formula is C11H13N3O. The highest BCUT2D eigenvalue weighted by Crippen LogP contribution is 2.30. The van der Waals surface area contributed by atoms with Gasteiger partial charge in [-0.1, -0.05) is 24.2 Å². The Labute approximate surface area is 88.5 Å². The molecule has 2 rings (SSSR count). The van der Waals surface area contributed by atoms with E-state index in [2.05, 4.69) is 16.1 Å². The highest BCUT2D eigenvalue weighted by atomic mass is 16.5. The number of azide groups is 1. The summed E-state index contributed by atoms with van der Waals surface area (Å²) in [7, 11) is 0. The standard InChI is InChI=1S/C11H13N3O/c1-2-10(13-14-12)8-3-4-11-9(7-8)5-6-15-11/h3-4,7,10H,2,5-6H2,1H3/t10-/m0/s1. The Morgan fingerprint density at radius 2 is 2.47 bits per heavy atom. The van der Waals surface area contributed by atoms with Gasteiger partial charge in [0.25, 0.3) is 0 Å². The molecule has 0 radical (unpaired) electrons. The van der Waals surface area contributed by atoms with E-state index < -0.39 is 0 Å². The maximum absolute atomic E-state index is 8.46. The molecule has 0 aromatic heterocycles. The normalized spacial score (nSPS) is 15.0. The van der Waals surface area contributed by atoms with E-state index in [0.717, 1.165) is 30.8 Å². The minimum Gasteiger partial charge on any atom is -0.493 e. The van der Waals surface area contributed by atoms with Crippen LogP contribution in [0.25, 0.3) is 10.4 Å². The molecular weight excluding hydrogens is 190 g/mol. The summed E-state index contributed by atoms with van der Waals surface area (Å²) in [4.78, 5) is 2.87. The zero-order valence-corrected chi connectivity index (χ0v) is 8.68. The average molecular weight is 203 g/mol. The first-order chi connectivity index (χ1) is 7.35. The molecule has 0 saturated carbocycles. The van der Waals surface area contributed by atoms with Gasteiger partial charge in [-0.15, -0.1) is 0 Å². The van der Waals surface area contributed by atoms with Gasteiger partial charge in [-0.3, -0.25) is 0 Å². The molecule has 1 atom stereocenters. The fourth-order valence-electron chi connectivity index (χ4n) is 1.86. The number of nitrogens with zero attached hydrogens (tertiary/aromatic N) is 3. The second kappa shape index (κ2) is 4.24. The van der Waals surface area contributed by atoms with Gasteiger partial charge in [0.15, 0.2) is 0 Å². The predicted molar refractivity (Wildman–Crippen MR) is 57.8 cm³/mol. The summed E-state index contributed by atoms with van der Waals surface area (Å²) in [6.45, 7) is 2.78. The molecule has 1 aromatic rings. The van der Waals surface area contributed by atoms with Gasteiger partial charge in [0, 0.05) is 11.3 Å². The molecule has 15 heavy (non-hydrogen) atoms. The summed E-state index contributed by atoms with van der Waals surface area (Å²) >= 11 is 0. The molecule has 0 amide bonds. The molecule has 0 unspecified atom stereocenters. The molecule has 0 aliphatic carbocycles. The second-order valence-corrected chi connectivity index (χ2v) is 3.59. The van der Waals surface area contributed by atoms with Gasteiger partial charge in [-0.05, 0) is 29.1 Å². The van der Waals surface area contributed by atoms with Crippen LogP contribution in [0.5, 0.6) is 5.75 Å². The molecule has 0 spiro atoms. The van der Waals surface area contributed by atoms with Crippen molar-refractivity contribution in [2.24, 2.45) is 5.11 Å². The van der Waals surface area contributed by atoms with Crippen molar-refractivity contribution in [3.63, 3.8) is 0 Å². The predicted octanol–water partition coefficient (Wildman–Crippen LogP) is 3.38. The van der Waals surface area contributed by atoms with E-state index in [-0.39, 0.29) is 6.04 Å². The number of rotatable bonds is 3. The molecule has 4 heteroatoms. The van der Waals surface area contributed by atoms with Crippen LogP contribution in [0.3, 0.4) is 0 Å². The molecule has 1 aliphatic heterocycles. The highest BCUT2D eigenvalue weighted by Gasteiger charge is 2.14. The van der Waals surface area contributed by atoms with Gasteiger partial charge in [0.2, 0.25) is 0 Å². The summed E-state index contributed by atoms with van der Waals surface area (Å²) in [5.74, 6) is 0.967. The van der Waals surface area contributed by atoms with Crippen LogP contribution in [0.4, 0.5) is 0 Å². The largest absolute Gasteiger partial charge is 0.493 e. The number of hydrogen-bond donors (Lipinski definition) is 0. The molecule has 78 valence electrons. The minimum absolute atomic E-state index is 0.0547. The van der Waals surface area contributed by atoms with E-state index in [9.17, 15) is 0 Å². The number of benzene rings is 1. The van der Waals surface area contributed by atoms with Crippen molar-refractivity contribution < 1.29 is 4.74 Å². The monoisotopic (exact) mass is 203 g/mol. The highest BCUT2D eigenvalue weighted by molar-refractivity contribution is 5.40. The summed E-state index contributed by atoms with van der Waals surface area (Å²) in [6.07, 6.45) is 1.78. The molecule has 0 bridgehead atoms. The third-order valence-corrected chi connectivity index (χ3v) is 2.68. The quantitative estimate of drug-likeness (QED) is 0.422. The average Bonchev–Trinajstić information content (AvgIpc) is 2.72. The third kappa shape index (κ3) is 1.90. The lowest BCUT2D eigenvalue weighted by Crippen LogP contribution is -1.93. The summed E-state index contributed by atoms with van der Waals surface area (Å²) in [6, 6.07) is 5.98. The lowest BCUT2D eigenvalue weighted by atomic mass is 10.0. The second-order valence-electron chi connectivity index (χ2n) is 3.59. The van der Waals surface area contributed by atoms with Gasteiger partial charge < -0.3 is 4.74 Å². The zero-order valence-electron chi connectivity index (χ0n) is 8.68. The Kier molecular flexibility index (Phi) is 2.79. The van der Waals surface area contributed by atoms with Crippen molar-refractivity contribution in [2.75, 3.05) is 6.61 Å². The summed E-state index contributed by atoms with van der Waals surface area (Å²) in [5, 5.41) is 3.78. The fourth-order valence-corrected chi connectivity index (χ4v) is 1.86. The lowest BCUT2D eigenvalue weighted by molar-refractivity contribution is 0.357. The van der Waals surface area contributed by atoms with Gasteiger partial charge in [0.05, 0.1) is 12.6 Å². The molecule has 1 heterocycles. The molecule has 0 N–H and O–H groups in total. The van der Waals surface area contributed by atoms with Crippen LogP contribution < -0.4 is 4.74 Å². The van der Waals surface area contributed by atoms with Crippen molar-refractivity contribution in [3.05, 3.63) is 39.8 Å². The molecule has 4 nitrogen and oxygen atoms in total. The minimum atomic E-state index is -0.0547. The van der Waals surface area contributed by atoms with Crippen LogP contribution >= 0.6 is 0 Å². The zero-order chi connectivity index (χ0) is 10.7. The Bertz CT molecular complexity index is 410. The number of fused-ring (bicyclic) bond motifs is 1. The van der Waals surface area contributed by atoms with E-state index in [4.69, 9.17) is 10.3 Å². The Balaban J connectivity index is 2.32. The topological polar surface area (TPSA) is 58.0 Å². The summed E-state index contributed by atoms with van der Waals surface area (Å²) in [5.41, 5.74) is 10.8. The van der Waals surface area contributed by atoms with Crippen molar-refractivity contribution in [3.8, 4) is 5.75 Å². The smallest absolute Gasteiger partial charge is 0.122 e. The maximum atomic E-state index is 8.46. The van der Waals surface area contributed by atoms with Crippen molar-refractivity contribution in [1.82, 2.24) is 0 Å². The van der Waals surface area contributed by atoms with E-state index in [0.29, 0.717) is 0 Å². The lowest BCUT2D eigenvalue weighted by Gasteiger charge is -2.09. The molecule has 0 fully saturated rings. The van der Waals surface area contributed by atoms with Gasteiger partial charge in [0.1, 0.15) is 5.75 Å². The van der Waals surface area contributed by atoms with E-state index in [1.165, 1.54) is 5.56 Å². The van der Waals surface area contributed by atoms with Crippen LogP contribution in [-0.2, 0) is 6.42 Å². The molecule has 0 saturated heterocycles. The van der Waals surface area contributed by atoms with E-state index in [1.54, 1.807) is 0 Å². The van der Waals surface area contributed by atoms with Crippen LogP contribution in [0.2, 0.25) is 0 Å². The summed E-state index contributed by atoms with van der Waals surface area (Å²) < 4.78 is 5.42. The van der Waals surface area contributed by atoms with Crippen LogP contribution in [0.15, 0.2) is 23.3 Å². The molecule has 1 aromatic carbocycles. The number of hydrogen-bond acceptors (Lipinski definition) is 2. The van der Waals surface area contributed by atoms with Gasteiger partial charge in [-0.25, -0.2) is 0 Å².